The van der Waals surface area contributed by atoms with Crippen LogP contribution in [0.25, 0.3) is 0 Å². The van der Waals surface area contributed by atoms with Crippen LogP contribution in [0.3, 0.4) is 0 Å². The van der Waals surface area contributed by atoms with Crippen molar-refractivity contribution in [2.75, 3.05) is 0 Å². The zero-order valence-electron chi connectivity index (χ0n) is 14.0. The van der Waals surface area contributed by atoms with Gasteiger partial charge in [-0.15, -0.1) is 11.8 Å². The second-order valence-electron chi connectivity index (χ2n) is 5.98. The molecule has 126 valence electrons. The third-order valence-electron chi connectivity index (χ3n) is 4.02. The number of hydrogen-bond donors (Lipinski definition) is 0. The van der Waals surface area contributed by atoms with Crippen LogP contribution in [0, 0.1) is 0 Å². The number of aromatic nitrogens is 1. The lowest BCUT2D eigenvalue weighted by molar-refractivity contribution is -0.117. The summed E-state index contributed by atoms with van der Waals surface area (Å²) < 4.78 is 0. The molecule has 1 unspecified atom stereocenters. The maximum Gasteiger partial charge on any atom is 0.150 e. The maximum absolute atomic E-state index is 12.9. The number of rotatable bonds is 8. The molecular weight excluding hydrogens is 326 g/mol. The molecule has 0 spiro atoms. The number of Topliss-reactive ketones (excluding diaryl/α,β-unsaturated/α-hetero) is 1. The predicted molar refractivity (Wildman–Crippen MR) is 105 cm³/mol. The molecule has 0 bridgehead atoms. The Bertz CT molecular complexity index is 775. The first-order valence-electron chi connectivity index (χ1n) is 8.42. The van der Waals surface area contributed by atoms with E-state index < -0.39 is 0 Å². The quantitative estimate of drug-likeness (QED) is 0.590. The highest BCUT2D eigenvalue weighted by atomic mass is 32.2. The van der Waals surface area contributed by atoms with Gasteiger partial charge in [0.1, 0.15) is 0 Å². The summed E-state index contributed by atoms with van der Waals surface area (Å²) in [6.07, 6.45) is 4.89. The number of carbonyl (C=O) groups is 1. The summed E-state index contributed by atoms with van der Waals surface area (Å²) >= 11 is 1.71. The van der Waals surface area contributed by atoms with Crippen molar-refractivity contribution in [3.8, 4) is 0 Å². The van der Waals surface area contributed by atoms with Crippen LogP contribution in [0.15, 0.2) is 85.2 Å². The Balaban J connectivity index is 1.70. The van der Waals surface area contributed by atoms with E-state index in [2.05, 4.69) is 23.2 Å². The van der Waals surface area contributed by atoms with Gasteiger partial charge in [-0.05, 0) is 29.2 Å². The molecule has 0 aliphatic rings. The minimum Gasteiger partial charge on any atom is -0.298 e. The SMILES string of the molecule is O=C(Cc1ccccc1)C(Cc1ccccc1)SCc1cccnc1. The first kappa shape index (κ1) is 17.4. The van der Waals surface area contributed by atoms with Gasteiger partial charge in [-0.2, -0.15) is 0 Å². The highest BCUT2D eigenvalue weighted by molar-refractivity contribution is 7.99. The average molecular weight is 347 g/mol. The molecule has 3 heteroatoms. The van der Waals surface area contributed by atoms with Crippen LogP contribution in [0.1, 0.15) is 16.7 Å². The lowest BCUT2D eigenvalue weighted by Crippen LogP contribution is -2.22. The number of thioether (sulfide) groups is 1. The van der Waals surface area contributed by atoms with Gasteiger partial charge in [0, 0.05) is 24.6 Å². The Morgan fingerprint density at radius 1 is 0.840 bits per heavy atom. The van der Waals surface area contributed by atoms with Crippen LogP contribution in [0.2, 0.25) is 0 Å². The van der Waals surface area contributed by atoms with E-state index in [9.17, 15) is 4.79 Å². The molecule has 2 aromatic carbocycles. The van der Waals surface area contributed by atoms with Gasteiger partial charge in [-0.1, -0.05) is 66.7 Å². The van der Waals surface area contributed by atoms with E-state index in [1.165, 1.54) is 5.56 Å². The van der Waals surface area contributed by atoms with Crippen molar-refractivity contribution in [3.05, 3.63) is 102 Å². The molecule has 1 heterocycles. The van der Waals surface area contributed by atoms with Crippen LogP contribution < -0.4 is 0 Å². The molecule has 0 saturated heterocycles. The van der Waals surface area contributed by atoms with Gasteiger partial charge >= 0.3 is 0 Å². The van der Waals surface area contributed by atoms with Crippen molar-refractivity contribution in [3.63, 3.8) is 0 Å². The van der Waals surface area contributed by atoms with E-state index >= 15 is 0 Å². The summed E-state index contributed by atoms with van der Waals surface area (Å²) in [5.41, 5.74) is 3.43. The van der Waals surface area contributed by atoms with Gasteiger partial charge in [0.25, 0.3) is 0 Å². The number of benzene rings is 2. The van der Waals surface area contributed by atoms with Crippen molar-refractivity contribution >= 4 is 17.5 Å². The summed E-state index contributed by atoms with van der Waals surface area (Å²) in [7, 11) is 0. The fourth-order valence-electron chi connectivity index (χ4n) is 2.69. The lowest BCUT2D eigenvalue weighted by atomic mass is 10.0. The topological polar surface area (TPSA) is 30.0 Å². The van der Waals surface area contributed by atoms with E-state index in [1.54, 1.807) is 18.0 Å². The first-order valence-corrected chi connectivity index (χ1v) is 9.47. The van der Waals surface area contributed by atoms with Gasteiger partial charge in [-0.3, -0.25) is 9.78 Å². The van der Waals surface area contributed by atoms with Crippen molar-refractivity contribution in [2.45, 2.75) is 23.8 Å². The largest absolute Gasteiger partial charge is 0.298 e. The van der Waals surface area contributed by atoms with E-state index in [0.717, 1.165) is 23.3 Å². The zero-order valence-corrected chi connectivity index (χ0v) is 14.9. The number of hydrogen-bond acceptors (Lipinski definition) is 3. The van der Waals surface area contributed by atoms with Crippen molar-refractivity contribution in [2.24, 2.45) is 0 Å². The molecule has 0 fully saturated rings. The molecule has 0 N–H and O–H groups in total. The molecule has 1 atom stereocenters. The van der Waals surface area contributed by atoms with E-state index in [1.807, 2.05) is 60.8 Å². The fraction of sp³-hybridized carbons (Fsp3) is 0.182. The van der Waals surface area contributed by atoms with Crippen LogP contribution in [-0.2, 0) is 23.4 Å². The normalized spacial score (nSPS) is 11.8. The van der Waals surface area contributed by atoms with Crippen LogP contribution in [0.5, 0.6) is 0 Å². The van der Waals surface area contributed by atoms with Crippen LogP contribution in [0.4, 0.5) is 0 Å². The van der Waals surface area contributed by atoms with Gasteiger partial charge in [0.15, 0.2) is 5.78 Å². The molecule has 0 aliphatic heterocycles. The molecule has 3 rings (SSSR count). The third kappa shape index (κ3) is 5.57. The Labute approximate surface area is 153 Å². The molecule has 0 aliphatic carbocycles. The molecule has 2 nitrogen and oxygen atoms in total. The summed E-state index contributed by atoms with van der Waals surface area (Å²) in [5, 5.41) is -0.0530. The second kappa shape index (κ2) is 9.19. The lowest BCUT2D eigenvalue weighted by Gasteiger charge is -2.16. The summed E-state index contributed by atoms with van der Waals surface area (Å²) in [4.78, 5) is 17.1. The van der Waals surface area contributed by atoms with Crippen LogP contribution in [-0.4, -0.2) is 16.0 Å². The third-order valence-corrected chi connectivity index (χ3v) is 5.35. The summed E-state index contributed by atoms with van der Waals surface area (Å²) in [6, 6.07) is 24.2. The van der Waals surface area contributed by atoms with Crippen molar-refractivity contribution in [1.29, 1.82) is 0 Å². The fourth-order valence-corrected chi connectivity index (χ4v) is 3.83. The maximum atomic E-state index is 12.9. The van der Waals surface area contributed by atoms with Gasteiger partial charge in [0.05, 0.1) is 5.25 Å². The minimum atomic E-state index is -0.0530. The smallest absolute Gasteiger partial charge is 0.150 e. The Kier molecular flexibility index (Phi) is 6.41. The molecule has 0 saturated carbocycles. The van der Waals surface area contributed by atoms with E-state index in [4.69, 9.17) is 0 Å². The van der Waals surface area contributed by atoms with Gasteiger partial charge < -0.3 is 0 Å². The number of ketones is 1. The zero-order chi connectivity index (χ0) is 17.3. The number of pyridine rings is 1. The molecule has 3 aromatic rings. The summed E-state index contributed by atoms with van der Waals surface area (Å²) in [6.45, 7) is 0. The van der Waals surface area contributed by atoms with Crippen molar-refractivity contribution in [1.82, 2.24) is 4.98 Å². The standard InChI is InChI=1S/C22H21NOS/c24-21(14-18-8-3-1-4-9-18)22(15-19-10-5-2-6-11-19)25-17-20-12-7-13-23-16-20/h1-13,16,22H,14-15,17H2. The molecular formula is C22H21NOS. The average Bonchev–Trinajstić information content (AvgIpc) is 2.67. The van der Waals surface area contributed by atoms with Gasteiger partial charge in [0.2, 0.25) is 0 Å². The highest BCUT2D eigenvalue weighted by Gasteiger charge is 2.20. The minimum absolute atomic E-state index is 0.0530. The highest BCUT2D eigenvalue weighted by Crippen LogP contribution is 2.23. The summed E-state index contributed by atoms with van der Waals surface area (Å²) in [5.74, 6) is 1.08. The predicted octanol–water partition coefficient (Wildman–Crippen LogP) is 4.74. The first-order chi connectivity index (χ1) is 12.3. The Morgan fingerprint density at radius 3 is 2.12 bits per heavy atom. The second-order valence-corrected chi connectivity index (χ2v) is 7.17. The van der Waals surface area contributed by atoms with E-state index in [-0.39, 0.29) is 11.0 Å². The molecule has 25 heavy (non-hydrogen) atoms. The van der Waals surface area contributed by atoms with Crippen molar-refractivity contribution < 1.29 is 4.79 Å². The number of carbonyl (C=O) groups excluding carboxylic acids is 1. The molecule has 0 amide bonds. The monoisotopic (exact) mass is 347 g/mol. The molecule has 1 aromatic heterocycles. The van der Waals surface area contributed by atoms with E-state index in [0.29, 0.717) is 6.42 Å². The van der Waals surface area contributed by atoms with Gasteiger partial charge in [-0.25, -0.2) is 0 Å². The Hall–Kier alpha value is -2.39. The Morgan fingerprint density at radius 2 is 1.48 bits per heavy atom. The molecule has 0 radical (unpaired) electrons. The van der Waals surface area contributed by atoms with Crippen LogP contribution >= 0.6 is 11.8 Å². The number of nitrogens with zero attached hydrogens (tertiary/aromatic N) is 1.